The number of hydrogen-bond acceptors (Lipinski definition) is 4. The van der Waals surface area contributed by atoms with Gasteiger partial charge >= 0.3 is 6.18 Å². The van der Waals surface area contributed by atoms with Crippen molar-refractivity contribution in [1.29, 1.82) is 0 Å². The minimum atomic E-state index is -4.41. The zero-order chi connectivity index (χ0) is 12.6. The van der Waals surface area contributed by atoms with E-state index >= 15 is 0 Å². The Balaban J connectivity index is 2.45. The highest BCUT2D eigenvalue weighted by Crippen LogP contribution is 2.36. The zero-order valence-electron chi connectivity index (χ0n) is 8.12. The second kappa shape index (κ2) is 4.15. The SMILES string of the molecule is Nc1nnc(-c2ccc(C(F)(F)F)cc2Cl)s1. The van der Waals surface area contributed by atoms with Crippen LogP contribution in [0.2, 0.25) is 5.02 Å². The van der Waals surface area contributed by atoms with Crippen LogP contribution >= 0.6 is 22.9 Å². The average Bonchev–Trinajstić information content (AvgIpc) is 2.63. The quantitative estimate of drug-likeness (QED) is 0.870. The van der Waals surface area contributed by atoms with Crippen LogP contribution in [0.25, 0.3) is 10.6 Å². The molecule has 1 aromatic carbocycles. The predicted octanol–water partition coefficient (Wildman–Crippen LogP) is 3.46. The van der Waals surface area contributed by atoms with Crippen LogP contribution in [0.3, 0.4) is 0 Å². The van der Waals surface area contributed by atoms with Gasteiger partial charge in [-0.25, -0.2) is 0 Å². The highest BCUT2D eigenvalue weighted by atomic mass is 35.5. The fourth-order valence-electron chi connectivity index (χ4n) is 1.21. The molecule has 0 saturated heterocycles. The molecule has 0 fully saturated rings. The van der Waals surface area contributed by atoms with Crippen molar-refractivity contribution in [3.63, 3.8) is 0 Å². The first-order valence-electron chi connectivity index (χ1n) is 4.34. The van der Waals surface area contributed by atoms with Crippen molar-refractivity contribution in [2.75, 3.05) is 5.73 Å². The molecule has 0 radical (unpaired) electrons. The Hall–Kier alpha value is -1.34. The number of nitrogens with two attached hydrogens (primary N) is 1. The van der Waals surface area contributed by atoms with E-state index in [9.17, 15) is 13.2 Å². The van der Waals surface area contributed by atoms with Crippen LogP contribution in [0.4, 0.5) is 18.3 Å². The number of anilines is 1. The fourth-order valence-corrected chi connectivity index (χ4v) is 2.18. The Morgan fingerprint density at radius 3 is 2.41 bits per heavy atom. The van der Waals surface area contributed by atoms with Gasteiger partial charge in [0.25, 0.3) is 0 Å². The number of rotatable bonds is 1. The Labute approximate surface area is 103 Å². The van der Waals surface area contributed by atoms with E-state index in [4.69, 9.17) is 17.3 Å². The highest BCUT2D eigenvalue weighted by Gasteiger charge is 2.31. The third kappa shape index (κ3) is 2.50. The van der Waals surface area contributed by atoms with Crippen LogP contribution in [0, 0.1) is 0 Å². The van der Waals surface area contributed by atoms with Crippen molar-refractivity contribution in [1.82, 2.24) is 10.2 Å². The van der Waals surface area contributed by atoms with Gasteiger partial charge in [-0.3, -0.25) is 0 Å². The minimum absolute atomic E-state index is 0.0315. The predicted molar refractivity (Wildman–Crippen MR) is 59.8 cm³/mol. The number of alkyl halides is 3. The van der Waals surface area contributed by atoms with Crippen molar-refractivity contribution in [3.05, 3.63) is 28.8 Å². The maximum Gasteiger partial charge on any atom is 0.416 e. The number of aromatic nitrogens is 2. The van der Waals surface area contributed by atoms with E-state index < -0.39 is 11.7 Å². The molecule has 2 aromatic rings. The van der Waals surface area contributed by atoms with Gasteiger partial charge in [0.1, 0.15) is 0 Å². The van der Waals surface area contributed by atoms with E-state index in [-0.39, 0.29) is 10.2 Å². The molecule has 17 heavy (non-hydrogen) atoms. The summed E-state index contributed by atoms with van der Waals surface area (Å²) in [6.45, 7) is 0. The Morgan fingerprint density at radius 1 is 1.24 bits per heavy atom. The van der Waals surface area contributed by atoms with E-state index in [0.717, 1.165) is 23.5 Å². The summed E-state index contributed by atoms with van der Waals surface area (Å²) in [4.78, 5) is 0. The zero-order valence-corrected chi connectivity index (χ0v) is 9.70. The molecule has 0 atom stereocenters. The van der Waals surface area contributed by atoms with Gasteiger partial charge in [-0.1, -0.05) is 22.9 Å². The molecule has 3 nitrogen and oxygen atoms in total. The average molecular weight is 280 g/mol. The number of nitrogen functional groups attached to an aromatic ring is 1. The van der Waals surface area contributed by atoms with Crippen molar-refractivity contribution in [3.8, 4) is 10.6 Å². The van der Waals surface area contributed by atoms with Gasteiger partial charge in [-0.15, -0.1) is 10.2 Å². The van der Waals surface area contributed by atoms with Gasteiger partial charge in [-0.2, -0.15) is 13.2 Å². The van der Waals surface area contributed by atoms with Crippen molar-refractivity contribution < 1.29 is 13.2 Å². The molecular weight excluding hydrogens is 275 g/mol. The number of halogens is 4. The lowest BCUT2D eigenvalue weighted by Crippen LogP contribution is -2.04. The van der Waals surface area contributed by atoms with Crippen LogP contribution in [0.15, 0.2) is 18.2 Å². The second-order valence-electron chi connectivity index (χ2n) is 3.14. The largest absolute Gasteiger partial charge is 0.416 e. The normalized spacial score (nSPS) is 11.8. The van der Waals surface area contributed by atoms with Gasteiger partial charge in [0.2, 0.25) is 5.13 Å². The Kier molecular flexibility index (Phi) is 2.96. The Bertz CT molecular complexity index is 553. The van der Waals surface area contributed by atoms with E-state index in [1.54, 1.807) is 0 Å². The maximum absolute atomic E-state index is 12.4. The summed E-state index contributed by atoms with van der Waals surface area (Å²) < 4.78 is 37.2. The van der Waals surface area contributed by atoms with E-state index in [2.05, 4.69) is 10.2 Å². The monoisotopic (exact) mass is 279 g/mol. The maximum atomic E-state index is 12.4. The van der Waals surface area contributed by atoms with E-state index in [0.29, 0.717) is 10.6 Å². The molecule has 0 amide bonds. The highest BCUT2D eigenvalue weighted by molar-refractivity contribution is 7.18. The summed E-state index contributed by atoms with van der Waals surface area (Å²) in [7, 11) is 0. The Morgan fingerprint density at radius 2 is 1.94 bits per heavy atom. The molecule has 0 aliphatic carbocycles. The fraction of sp³-hybridized carbons (Fsp3) is 0.111. The van der Waals surface area contributed by atoms with Crippen molar-refractivity contribution in [2.45, 2.75) is 6.18 Å². The van der Waals surface area contributed by atoms with Gasteiger partial charge < -0.3 is 5.73 Å². The number of nitrogens with zero attached hydrogens (tertiary/aromatic N) is 2. The van der Waals surface area contributed by atoms with Crippen LogP contribution in [-0.4, -0.2) is 10.2 Å². The molecule has 0 aliphatic heterocycles. The molecule has 2 N–H and O–H groups in total. The first kappa shape index (κ1) is 12.1. The summed E-state index contributed by atoms with van der Waals surface area (Å²) >= 11 is 6.84. The van der Waals surface area contributed by atoms with Gasteiger partial charge in [0.05, 0.1) is 10.6 Å². The molecule has 8 heteroatoms. The first-order valence-corrected chi connectivity index (χ1v) is 5.53. The standard InChI is InChI=1S/C9H5ClF3N3S/c10-6-3-4(9(11,12)13)1-2-5(6)7-15-16-8(14)17-7/h1-3H,(H2,14,16). The van der Waals surface area contributed by atoms with Gasteiger partial charge in [-0.05, 0) is 18.2 Å². The summed E-state index contributed by atoms with van der Waals surface area (Å²) in [6, 6.07) is 3.05. The molecule has 2 rings (SSSR count). The second-order valence-corrected chi connectivity index (χ2v) is 4.55. The molecular formula is C9H5ClF3N3S. The van der Waals surface area contributed by atoms with Crippen molar-refractivity contribution >= 4 is 28.1 Å². The molecule has 0 unspecified atom stereocenters. The lowest BCUT2D eigenvalue weighted by Gasteiger charge is -2.08. The van der Waals surface area contributed by atoms with Crippen molar-refractivity contribution in [2.24, 2.45) is 0 Å². The minimum Gasteiger partial charge on any atom is -0.374 e. The molecule has 0 spiro atoms. The lowest BCUT2D eigenvalue weighted by atomic mass is 10.1. The van der Waals surface area contributed by atoms with Crippen LogP contribution < -0.4 is 5.73 Å². The van der Waals surface area contributed by atoms with Crippen LogP contribution in [-0.2, 0) is 6.18 Å². The van der Waals surface area contributed by atoms with Gasteiger partial charge in [0.15, 0.2) is 5.01 Å². The molecule has 0 bridgehead atoms. The third-order valence-electron chi connectivity index (χ3n) is 1.97. The first-order chi connectivity index (χ1) is 7.88. The van der Waals surface area contributed by atoms with E-state index in [1.165, 1.54) is 6.07 Å². The smallest absolute Gasteiger partial charge is 0.374 e. The summed E-state index contributed by atoms with van der Waals surface area (Å²) in [5.74, 6) is 0. The summed E-state index contributed by atoms with van der Waals surface area (Å²) in [5, 5.41) is 7.88. The third-order valence-corrected chi connectivity index (χ3v) is 3.07. The van der Waals surface area contributed by atoms with Crippen LogP contribution in [0.5, 0.6) is 0 Å². The number of benzene rings is 1. The molecule has 1 aromatic heterocycles. The molecule has 0 saturated carbocycles. The van der Waals surface area contributed by atoms with Crippen LogP contribution in [0.1, 0.15) is 5.56 Å². The van der Waals surface area contributed by atoms with E-state index in [1.807, 2.05) is 0 Å². The summed E-state index contributed by atoms with van der Waals surface area (Å²) in [5.41, 5.74) is 4.97. The molecule has 0 aliphatic rings. The summed E-state index contributed by atoms with van der Waals surface area (Å²) in [6.07, 6.45) is -4.41. The number of hydrogen-bond donors (Lipinski definition) is 1. The molecule has 1 heterocycles. The lowest BCUT2D eigenvalue weighted by molar-refractivity contribution is -0.137. The van der Waals surface area contributed by atoms with Gasteiger partial charge in [0, 0.05) is 5.56 Å². The topological polar surface area (TPSA) is 51.8 Å². The molecule has 90 valence electrons.